The van der Waals surface area contributed by atoms with Gasteiger partial charge in [-0.1, -0.05) is 60.7 Å². The molecule has 208 valence electrons. The van der Waals surface area contributed by atoms with E-state index in [1.54, 1.807) is 24.3 Å². The number of pyridine rings is 1. The predicted octanol–water partition coefficient (Wildman–Crippen LogP) is 5.94. The lowest BCUT2D eigenvalue weighted by molar-refractivity contribution is -0.127. The second-order valence-electron chi connectivity index (χ2n) is 10.6. The van der Waals surface area contributed by atoms with Gasteiger partial charge in [-0.25, -0.2) is 0 Å². The first-order valence-electron chi connectivity index (χ1n) is 14.0. The van der Waals surface area contributed by atoms with Crippen molar-refractivity contribution in [3.63, 3.8) is 0 Å². The van der Waals surface area contributed by atoms with E-state index in [0.29, 0.717) is 13.0 Å². The Morgan fingerprint density at radius 3 is 2.15 bits per heavy atom. The van der Waals surface area contributed by atoms with Crippen LogP contribution in [0.1, 0.15) is 33.5 Å². The summed E-state index contributed by atoms with van der Waals surface area (Å²) in [6.07, 6.45) is 4.20. The highest BCUT2D eigenvalue weighted by molar-refractivity contribution is 6.00. The summed E-state index contributed by atoms with van der Waals surface area (Å²) in [5, 5.41) is 4.21. The van der Waals surface area contributed by atoms with Gasteiger partial charge in [-0.2, -0.15) is 0 Å². The maximum atomic E-state index is 13.7. The van der Waals surface area contributed by atoms with Crippen LogP contribution < -0.4 is 10.2 Å². The molecular weight excluding hydrogens is 508 g/mol. The Kier molecular flexibility index (Phi) is 8.29. The summed E-state index contributed by atoms with van der Waals surface area (Å²) >= 11 is 0. The van der Waals surface area contributed by atoms with Gasteiger partial charge in [0.25, 0.3) is 0 Å². The molecule has 3 aromatic carbocycles. The molecule has 0 radical (unpaired) electrons. The van der Waals surface area contributed by atoms with Crippen molar-refractivity contribution < 1.29 is 9.59 Å². The maximum absolute atomic E-state index is 13.7. The van der Waals surface area contributed by atoms with Gasteiger partial charge in [0.2, 0.25) is 11.8 Å². The fourth-order valence-corrected chi connectivity index (χ4v) is 5.59. The summed E-state index contributed by atoms with van der Waals surface area (Å²) in [5.41, 5.74) is 8.40. The second-order valence-corrected chi connectivity index (χ2v) is 10.6. The molecule has 0 saturated heterocycles. The zero-order chi connectivity index (χ0) is 28.9. The molecule has 0 unspecified atom stereocenters. The van der Waals surface area contributed by atoms with Crippen LogP contribution in [-0.2, 0) is 29.0 Å². The van der Waals surface area contributed by atoms with Crippen molar-refractivity contribution in [1.82, 2.24) is 14.9 Å². The SMILES string of the molecule is Cc1ccc(C)c2c1c(CC(=O)N[C@@H](Cc1ccccc1)C(=O)N(C)c1ccccc1)c(C)n2Cc1ccncc1. The summed E-state index contributed by atoms with van der Waals surface area (Å²) < 4.78 is 2.30. The van der Waals surface area contributed by atoms with Gasteiger partial charge in [-0.05, 0) is 72.9 Å². The molecule has 1 N–H and O–H groups in total. The summed E-state index contributed by atoms with van der Waals surface area (Å²) in [4.78, 5) is 33.2. The number of rotatable bonds is 9. The van der Waals surface area contributed by atoms with Crippen molar-refractivity contribution >= 4 is 28.4 Å². The quantitative estimate of drug-likeness (QED) is 0.250. The molecule has 2 heterocycles. The highest BCUT2D eigenvalue weighted by atomic mass is 16.2. The van der Waals surface area contributed by atoms with Crippen molar-refractivity contribution in [1.29, 1.82) is 0 Å². The second kappa shape index (κ2) is 12.2. The molecule has 6 heteroatoms. The van der Waals surface area contributed by atoms with Crippen molar-refractivity contribution in [2.75, 3.05) is 11.9 Å². The van der Waals surface area contributed by atoms with Crippen LogP contribution in [0.5, 0.6) is 0 Å². The van der Waals surface area contributed by atoms with E-state index in [2.05, 4.69) is 47.8 Å². The van der Waals surface area contributed by atoms with Gasteiger partial charge in [0, 0.05) is 49.2 Å². The van der Waals surface area contributed by atoms with E-state index in [1.165, 1.54) is 0 Å². The minimum absolute atomic E-state index is 0.155. The number of aryl methyl sites for hydroxylation is 2. The van der Waals surface area contributed by atoms with Crippen LogP contribution in [0.25, 0.3) is 10.9 Å². The number of fused-ring (bicyclic) bond motifs is 1. The van der Waals surface area contributed by atoms with E-state index in [0.717, 1.165) is 50.1 Å². The molecule has 0 aliphatic heterocycles. The number of carbonyl (C=O) groups excluding carboxylic acids is 2. The number of anilines is 1. The average molecular weight is 545 g/mol. The molecule has 0 fully saturated rings. The molecule has 0 aliphatic rings. The molecule has 0 bridgehead atoms. The van der Waals surface area contributed by atoms with Gasteiger partial charge < -0.3 is 14.8 Å². The summed E-state index contributed by atoms with van der Waals surface area (Å²) in [6, 6.07) is 26.9. The molecular formula is C35H36N4O2. The fourth-order valence-electron chi connectivity index (χ4n) is 5.59. The van der Waals surface area contributed by atoms with Crippen LogP contribution in [0.3, 0.4) is 0 Å². The first kappa shape index (κ1) is 27.8. The number of aromatic nitrogens is 2. The smallest absolute Gasteiger partial charge is 0.249 e. The lowest BCUT2D eigenvalue weighted by atomic mass is 10.00. The Morgan fingerprint density at radius 1 is 0.829 bits per heavy atom. The van der Waals surface area contributed by atoms with Gasteiger partial charge >= 0.3 is 0 Å². The first-order valence-corrected chi connectivity index (χ1v) is 14.0. The number of nitrogens with one attached hydrogen (secondary N) is 1. The van der Waals surface area contributed by atoms with Gasteiger partial charge in [-0.15, -0.1) is 0 Å². The van der Waals surface area contributed by atoms with Crippen LogP contribution in [0.15, 0.2) is 97.3 Å². The molecule has 0 aliphatic carbocycles. The van der Waals surface area contributed by atoms with Crippen LogP contribution in [0.4, 0.5) is 5.69 Å². The lowest BCUT2D eigenvalue weighted by Gasteiger charge is -2.25. The molecule has 2 aromatic heterocycles. The van der Waals surface area contributed by atoms with Crippen molar-refractivity contribution in [2.45, 2.75) is 46.2 Å². The van der Waals surface area contributed by atoms with Gasteiger partial charge in [0.1, 0.15) is 6.04 Å². The van der Waals surface area contributed by atoms with E-state index in [-0.39, 0.29) is 18.2 Å². The summed E-state index contributed by atoms with van der Waals surface area (Å²) in [5.74, 6) is -0.329. The third kappa shape index (κ3) is 6.07. The minimum Gasteiger partial charge on any atom is -0.344 e. The van der Waals surface area contributed by atoms with Crippen LogP contribution in [0, 0.1) is 20.8 Å². The third-order valence-corrected chi connectivity index (χ3v) is 7.82. The number of carbonyl (C=O) groups is 2. The molecule has 0 spiro atoms. The van der Waals surface area contributed by atoms with Crippen molar-refractivity contribution in [3.8, 4) is 0 Å². The molecule has 5 rings (SSSR count). The van der Waals surface area contributed by atoms with Crippen LogP contribution >= 0.6 is 0 Å². The fraction of sp³-hybridized carbons (Fsp3) is 0.229. The normalized spacial score (nSPS) is 11.8. The van der Waals surface area contributed by atoms with Crippen LogP contribution in [0.2, 0.25) is 0 Å². The van der Waals surface area contributed by atoms with E-state index in [1.807, 2.05) is 72.8 Å². The number of benzene rings is 3. The third-order valence-electron chi connectivity index (χ3n) is 7.82. The standard InChI is InChI=1S/C35H36N4O2/c1-24-15-16-25(2)34-33(24)30(26(3)39(34)23-28-17-19-36-20-18-28)22-32(40)37-31(21-27-11-7-5-8-12-27)35(41)38(4)29-13-9-6-10-14-29/h5-20,31H,21-23H2,1-4H3,(H,37,40)/t31-/m0/s1. The van der Waals surface area contributed by atoms with Gasteiger partial charge in [-0.3, -0.25) is 14.6 Å². The van der Waals surface area contributed by atoms with E-state index in [9.17, 15) is 9.59 Å². The number of amides is 2. The molecule has 41 heavy (non-hydrogen) atoms. The van der Waals surface area contributed by atoms with E-state index in [4.69, 9.17) is 0 Å². The molecule has 6 nitrogen and oxygen atoms in total. The van der Waals surface area contributed by atoms with Gasteiger partial charge in [0.05, 0.1) is 11.9 Å². The molecule has 2 amide bonds. The van der Waals surface area contributed by atoms with Crippen LogP contribution in [-0.4, -0.2) is 34.5 Å². The number of hydrogen-bond donors (Lipinski definition) is 1. The Hall–Kier alpha value is -4.71. The highest BCUT2D eigenvalue weighted by Gasteiger charge is 2.27. The highest BCUT2D eigenvalue weighted by Crippen LogP contribution is 2.32. The summed E-state index contributed by atoms with van der Waals surface area (Å²) in [6.45, 7) is 6.98. The number of likely N-dealkylation sites (N-methyl/N-ethyl adjacent to an activating group) is 1. The van der Waals surface area contributed by atoms with E-state index < -0.39 is 6.04 Å². The largest absolute Gasteiger partial charge is 0.344 e. The topological polar surface area (TPSA) is 67.2 Å². The van der Waals surface area contributed by atoms with Crippen molar-refractivity contribution in [3.05, 3.63) is 131 Å². The molecule has 0 saturated carbocycles. The Bertz CT molecular complexity index is 1660. The maximum Gasteiger partial charge on any atom is 0.249 e. The van der Waals surface area contributed by atoms with Gasteiger partial charge in [0.15, 0.2) is 0 Å². The zero-order valence-corrected chi connectivity index (χ0v) is 24.1. The zero-order valence-electron chi connectivity index (χ0n) is 24.1. The Labute approximate surface area is 241 Å². The van der Waals surface area contributed by atoms with E-state index >= 15 is 0 Å². The number of para-hydroxylation sites is 1. The Morgan fingerprint density at radius 2 is 1.46 bits per heavy atom. The lowest BCUT2D eigenvalue weighted by Crippen LogP contribution is -2.49. The first-order chi connectivity index (χ1) is 19.8. The number of nitrogens with zero attached hydrogens (tertiary/aromatic N) is 3. The summed E-state index contributed by atoms with van der Waals surface area (Å²) in [7, 11) is 1.75. The predicted molar refractivity (Wildman–Crippen MR) is 165 cm³/mol. The number of hydrogen-bond acceptors (Lipinski definition) is 3. The average Bonchev–Trinajstić information content (AvgIpc) is 3.27. The molecule has 5 aromatic rings. The monoisotopic (exact) mass is 544 g/mol. The Balaban J connectivity index is 1.46. The van der Waals surface area contributed by atoms with Crippen molar-refractivity contribution in [2.24, 2.45) is 0 Å². The molecule has 1 atom stereocenters. The minimum atomic E-state index is -0.705.